The molecule has 1 fully saturated rings. The number of carbonyl (C=O) groups is 1. The number of benzene rings is 1. The van der Waals surface area contributed by atoms with Crippen molar-refractivity contribution in [2.75, 3.05) is 49.1 Å². The first kappa shape index (κ1) is 18.3. The van der Waals surface area contributed by atoms with E-state index in [1.165, 1.54) is 6.26 Å². The monoisotopic (exact) mass is 379 g/mol. The van der Waals surface area contributed by atoms with E-state index < -0.39 is 0 Å². The maximum atomic E-state index is 12.5. The second-order valence-corrected chi connectivity index (χ2v) is 6.79. The van der Waals surface area contributed by atoms with Crippen molar-refractivity contribution in [2.24, 2.45) is 0 Å². The number of piperazine rings is 1. The van der Waals surface area contributed by atoms with E-state index in [4.69, 9.17) is 14.4 Å². The number of amides is 1. The molecule has 7 heteroatoms. The van der Waals surface area contributed by atoms with Gasteiger partial charge >= 0.3 is 0 Å². The summed E-state index contributed by atoms with van der Waals surface area (Å²) in [6.45, 7) is 8.69. The molecule has 0 atom stereocenters. The molecule has 7 nitrogen and oxygen atoms in total. The van der Waals surface area contributed by atoms with Crippen LogP contribution in [0.3, 0.4) is 0 Å². The SMILES string of the molecule is CCN(CC)c1nc(N2CCN(C(=O)c3ccco3)CC2)nc2ccccc12. The summed E-state index contributed by atoms with van der Waals surface area (Å²) in [5.74, 6) is 2.03. The van der Waals surface area contributed by atoms with Crippen molar-refractivity contribution in [3.05, 3.63) is 48.4 Å². The van der Waals surface area contributed by atoms with Crippen molar-refractivity contribution in [2.45, 2.75) is 13.8 Å². The summed E-state index contributed by atoms with van der Waals surface area (Å²) in [7, 11) is 0. The summed E-state index contributed by atoms with van der Waals surface area (Å²) in [6, 6.07) is 11.6. The average molecular weight is 379 g/mol. The average Bonchev–Trinajstić information content (AvgIpc) is 3.29. The first-order valence-corrected chi connectivity index (χ1v) is 9.80. The first-order chi connectivity index (χ1) is 13.7. The highest BCUT2D eigenvalue weighted by atomic mass is 16.3. The predicted octanol–water partition coefficient (Wildman–Crippen LogP) is 3.03. The normalized spacial score (nSPS) is 14.5. The fraction of sp³-hybridized carbons (Fsp3) is 0.381. The van der Waals surface area contributed by atoms with Crippen LogP contribution < -0.4 is 9.80 Å². The lowest BCUT2D eigenvalue weighted by Crippen LogP contribution is -2.49. The van der Waals surface area contributed by atoms with Crippen LogP contribution in [0.1, 0.15) is 24.4 Å². The van der Waals surface area contributed by atoms with Gasteiger partial charge in [0.1, 0.15) is 5.82 Å². The van der Waals surface area contributed by atoms with E-state index in [0.717, 1.165) is 35.8 Å². The lowest BCUT2D eigenvalue weighted by molar-refractivity contribution is 0.0714. The lowest BCUT2D eigenvalue weighted by Gasteiger charge is -2.35. The number of hydrogen-bond donors (Lipinski definition) is 0. The molecule has 146 valence electrons. The molecule has 1 saturated heterocycles. The number of para-hydroxylation sites is 1. The minimum atomic E-state index is -0.0621. The van der Waals surface area contributed by atoms with Crippen molar-refractivity contribution >= 4 is 28.6 Å². The van der Waals surface area contributed by atoms with Gasteiger partial charge in [-0.2, -0.15) is 4.98 Å². The number of hydrogen-bond acceptors (Lipinski definition) is 6. The summed E-state index contributed by atoms with van der Waals surface area (Å²) >= 11 is 0. The Kier molecular flexibility index (Phi) is 5.14. The lowest BCUT2D eigenvalue weighted by atomic mass is 10.2. The highest BCUT2D eigenvalue weighted by molar-refractivity contribution is 5.92. The maximum Gasteiger partial charge on any atom is 0.289 e. The smallest absolute Gasteiger partial charge is 0.289 e. The summed E-state index contributed by atoms with van der Waals surface area (Å²) in [5, 5.41) is 1.07. The molecule has 28 heavy (non-hydrogen) atoms. The number of anilines is 2. The summed E-state index contributed by atoms with van der Waals surface area (Å²) in [5.41, 5.74) is 0.948. The molecule has 3 heterocycles. The van der Waals surface area contributed by atoms with Crippen molar-refractivity contribution < 1.29 is 9.21 Å². The molecule has 1 amide bonds. The molecule has 0 N–H and O–H groups in total. The van der Waals surface area contributed by atoms with E-state index in [1.807, 2.05) is 23.1 Å². The van der Waals surface area contributed by atoms with Gasteiger partial charge in [0.15, 0.2) is 5.76 Å². The Bertz CT molecular complexity index is 945. The van der Waals surface area contributed by atoms with E-state index in [9.17, 15) is 4.79 Å². The zero-order chi connectivity index (χ0) is 19.5. The number of nitrogens with zero attached hydrogens (tertiary/aromatic N) is 5. The van der Waals surface area contributed by atoms with Gasteiger partial charge in [0.05, 0.1) is 11.8 Å². The minimum absolute atomic E-state index is 0.0621. The van der Waals surface area contributed by atoms with Gasteiger partial charge in [-0.25, -0.2) is 4.98 Å². The molecular formula is C21H25N5O2. The van der Waals surface area contributed by atoms with Crippen LogP contribution in [0.2, 0.25) is 0 Å². The van der Waals surface area contributed by atoms with Crippen LogP contribution in [0, 0.1) is 0 Å². The van der Waals surface area contributed by atoms with Crippen LogP contribution in [-0.4, -0.2) is 60.0 Å². The molecule has 0 unspecified atom stereocenters. The Hall–Kier alpha value is -3.09. The molecule has 3 aromatic rings. The highest BCUT2D eigenvalue weighted by Crippen LogP contribution is 2.27. The van der Waals surface area contributed by atoms with E-state index in [0.29, 0.717) is 31.9 Å². The molecule has 1 aromatic carbocycles. The van der Waals surface area contributed by atoms with Crippen LogP contribution in [0.25, 0.3) is 10.9 Å². The van der Waals surface area contributed by atoms with Crippen LogP contribution in [0.15, 0.2) is 47.1 Å². The maximum absolute atomic E-state index is 12.5. The van der Waals surface area contributed by atoms with E-state index in [1.54, 1.807) is 12.1 Å². The molecule has 4 rings (SSSR count). The van der Waals surface area contributed by atoms with Crippen LogP contribution in [-0.2, 0) is 0 Å². The highest BCUT2D eigenvalue weighted by Gasteiger charge is 2.25. The molecule has 1 aliphatic rings. The van der Waals surface area contributed by atoms with Crippen LogP contribution >= 0.6 is 0 Å². The summed E-state index contributed by atoms with van der Waals surface area (Å²) < 4.78 is 5.24. The van der Waals surface area contributed by atoms with E-state index >= 15 is 0 Å². The molecule has 0 spiro atoms. The third-order valence-electron chi connectivity index (χ3n) is 5.22. The largest absolute Gasteiger partial charge is 0.459 e. The Morgan fingerprint density at radius 2 is 1.79 bits per heavy atom. The zero-order valence-electron chi connectivity index (χ0n) is 16.3. The van der Waals surface area contributed by atoms with Gasteiger partial charge in [-0.15, -0.1) is 0 Å². The fourth-order valence-electron chi connectivity index (χ4n) is 3.62. The quantitative estimate of drug-likeness (QED) is 0.679. The van der Waals surface area contributed by atoms with Gasteiger partial charge in [-0.3, -0.25) is 4.79 Å². The number of furan rings is 1. The number of fused-ring (bicyclic) bond motifs is 1. The Labute approximate surface area is 164 Å². The third kappa shape index (κ3) is 3.40. The third-order valence-corrected chi connectivity index (χ3v) is 5.22. The van der Waals surface area contributed by atoms with Crippen LogP contribution in [0.4, 0.5) is 11.8 Å². The van der Waals surface area contributed by atoms with Gasteiger partial charge in [0.2, 0.25) is 5.95 Å². The molecule has 2 aromatic heterocycles. The van der Waals surface area contributed by atoms with Crippen molar-refractivity contribution in [1.29, 1.82) is 0 Å². The number of rotatable bonds is 5. The van der Waals surface area contributed by atoms with Gasteiger partial charge in [0, 0.05) is 44.7 Å². The summed E-state index contributed by atoms with van der Waals surface area (Å²) in [4.78, 5) is 28.4. The first-order valence-electron chi connectivity index (χ1n) is 9.80. The Morgan fingerprint density at radius 3 is 2.46 bits per heavy atom. The summed E-state index contributed by atoms with van der Waals surface area (Å²) in [6.07, 6.45) is 1.53. The Balaban J connectivity index is 1.57. The van der Waals surface area contributed by atoms with E-state index in [-0.39, 0.29) is 5.91 Å². The van der Waals surface area contributed by atoms with Crippen molar-refractivity contribution in [3.63, 3.8) is 0 Å². The molecular weight excluding hydrogens is 354 g/mol. The zero-order valence-corrected chi connectivity index (χ0v) is 16.3. The molecule has 0 aliphatic carbocycles. The standard InChI is InChI=1S/C21H25N5O2/c1-3-24(4-2)19-16-8-5-6-9-17(16)22-21(23-19)26-13-11-25(12-14-26)20(27)18-10-7-15-28-18/h5-10,15H,3-4,11-14H2,1-2H3. The number of aromatic nitrogens is 2. The molecule has 0 saturated carbocycles. The molecule has 0 bridgehead atoms. The van der Waals surface area contributed by atoms with Gasteiger partial charge in [-0.1, -0.05) is 12.1 Å². The molecule has 0 radical (unpaired) electrons. The predicted molar refractivity (Wildman–Crippen MR) is 110 cm³/mol. The van der Waals surface area contributed by atoms with Gasteiger partial charge in [0.25, 0.3) is 5.91 Å². The van der Waals surface area contributed by atoms with Gasteiger partial charge < -0.3 is 19.1 Å². The molecule has 1 aliphatic heterocycles. The van der Waals surface area contributed by atoms with Gasteiger partial charge in [-0.05, 0) is 38.1 Å². The van der Waals surface area contributed by atoms with Crippen molar-refractivity contribution in [1.82, 2.24) is 14.9 Å². The van der Waals surface area contributed by atoms with Crippen molar-refractivity contribution in [3.8, 4) is 0 Å². The van der Waals surface area contributed by atoms with Crippen LogP contribution in [0.5, 0.6) is 0 Å². The fourth-order valence-corrected chi connectivity index (χ4v) is 3.62. The second-order valence-electron chi connectivity index (χ2n) is 6.79. The Morgan fingerprint density at radius 1 is 1.04 bits per heavy atom. The second kappa shape index (κ2) is 7.88. The van der Waals surface area contributed by atoms with E-state index in [2.05, 4.69) is 29.7 Å². The number of carbonyl (C=O) groups excluding carboxylic acids is 1. The minimum Gasteiger partial charge on any atom is -0.459 e. The topological polar surface area (TPSA) is 65.7 Å².